The van der Waals surface area contributed by atoms with E-state index in [-0.39, 0.29) is 18.3 Å². The first kappa shape index (κ1) is 20.7. The maximum Gasteiger partial charge on any atom is 0.251 e. The number of piperazine rings is 1. The van der Waals surface area contributed by atoms with Gasteiger partial charge in [-0.15, -0.1) is 23.7 Å². The Morgan fingerprint density at radius 2 is 2.08 bits per heavy atom. The second-order valence-electron chi connectivity index (χ2n) is 6.10. The van der Waals surface area contributed by atoms with E-state index in [0.29, 0.717) is 18.7 Å². The molecular formula is C19H26ClN3O2S. The molecule has 1 aliphatic heterocycles. The van der Waals surface area contributed by atoms with Gasteiger partial charge in [0.2, 0.25) is 0 Å². The highest BCUT2D eigenvalue weighted by Crippen LogP contribution is 2.17. The Labute approximate surface area is 165 Å². The second kappa shape index (κ2) is 11.2. The fourth-order valence-corrected chi connectivity index (χ4v) is 3.43. The highest BCUT2D eigenvalue weighted by molar-refractivity contribution is 7.09. The predicted molar refractivity (Wildman–Crippen MR) is 109 cm³/mol. The Morgan fingerprint density at radius 3 is 2.85 bits per heavy atom. The van der Waals surface area contributed by atoms with Crippen molar-refractivity contribution < 1.29 is 9.53 Å². The number of carbonyl (C=O) groups excluding carboxylic acids is 1. The van der Waals surface area contributed by atoms with E-state index < -0.39 is 0 Å². The molecule has 0 spiro atoms. The van der Waals surface area contributed by atoms with Crippen molar-refractivity contribution in [2.24, 2.45) is 0 Å². The van der Waals surface area contributed by atoms with Gasteiger partial charge in [-0.25, -0.2) is 0 Å². The lowest BCUT2D eigenvalue weighted by Gasteiger charge is -2.27. The molecule has 1 aromatic carbocycles. The van der Waals surface area contributed by atoms with Crippen LogP contribution >= 0.6 is 23.7 Å². The maximum atomic E-state index is 12.3. The topological polar surface area (TPSA) is 53.6 Å². The van der Waals surface area contributed by atoms with Crippen LogP contribution in [-0.4, -0.2) is 50.1 Å². The first-order chi connectivity index (χ1) is 12.3. The summed E-state index contributed by atoms with van der Waals surface area (Å²) in [5, 5.41) is 8.38. The average molecular weight is 396 g/mol. The summed E-state index contributed by atoms with van der Waals surface area (Å²) in [7, 11) is 0. The Balaban J connectivity index is 0.00000243. The smallest absolute Gasteiger partial charge is 0.251 e. The van der Waals surface area contributed by atoms with Crippen molar-refractivity contribution in [2.75, 3.05) is 39.3 Å². The third-order valence-corrected chi connectivity index (χ3v) is 5.05. The Morgan fingerprint density at radius 1 is 1.23 bits per heavy atom. The number of hydrogen-bond donors (Lipinski definition) is 2. The molecule has 26 heavy (non-hydrogen) atoms. The Kier molecular flexibility index (Phi) is 8.91. The standard InChI is InChI=1S/C19H25N3O2S.ClH/c23-19(21-7-3-10-22-11-8-20-9-12-22)16-4-1-5-17(14-16)24-15-18-6-2-13-25-18;/h1-2,4-6,13-14,20H,3,7-12,15H2,(H,21,23);1H. The summed E-state index contributed by atoms with van der Waals surface area (Å²) in [6, 6.07) is 11.4. The van der Waals surface area contributed by atoms with Gasteiger partial charge in [-0.2, -0.15) is 0 Å². The number of halogens is 1. The van der Waals surface area contributed by atoms with E-state index in [4.69, 9.17) is 4.74 Å². The van der Waals surface area contributed by atoms with Gasteiger partial charge in [0.15, 0.2) is 0 Å². The fraction of sp³-hybridized carbons (Fsp3) is 0.421. The largest absolute Gasteiger partial charge is 0.488 e. The van der Waals surface area contributed by atoms with Crippen LogP contribution in [0, 0.1) is 0 Å². The molecule has 3 rings (SSSR count). The molecule has 0 saturated carbocycles. The van der Waals surface area contributed by atoms with Crippen molar-refractivity contribution in [3.05, 3.63) is 52.2 Å². The summed E-state index contributed by atoms with van der Waals surface area (Å²) in [6.07, 6.45) is 0.973. The van der Waals surface area contributed by atoms with E-state index in [2.05, 4.69) is 15.5 Å². The molecule has 0 bridgehead atoms. The zero-order valence-corrected chi connectivity index (χ0v) is 16.4. The lowest BCUT2D eigenvalue weighted by molar-refractivity contribution is 0.0950. The summed E-state index contributed by atoms with van der Waals surface area (Å²) in [6.45, 7) is 6.58. The Hall–Kier alpha value is -1.60. The molecule has 1 saturated heterocycles. The van der Waals surface area contributed by atoms with Crippen molar-refractivity contribution in [3.8, 4) is 5.75 Å². The minimum absolute atomic E-state index is 0. The molecule has 2 aromatic rings. The molecule has 1 aromatic heterocycles. The number of carbonyl (C=O) groups is 1. The number of hydrogen-bond acceptors (Lipinski definition) is 5. The SMILES string of the molecule is Cl.O=C(NCCCN1CCNCC1)c1cccc(OCc2cccs2)c1. The monoisotopic (exact) mass is 395 g/mol. The number of rotatable bonds is 8. The molecule has 5 nitrogen and oxygen atoms in total. The van der Waals surface area contributed by atoms with Crippen LogP contribution in [0.4, 0.5) is 0 Å². The van der Waals surface area contributed by atoms with Crippen LogP contribution in [0.5, 0.6) is 5.75 Å². The second-order valence-corrected chi connectivity index (χ2v) is 7.13. The third kappa shape index (κ3) is 6.61. The minimum Gasteiger partial charge on any atom is -0.488 e. The van der Waals surface area contributed by atoms with Crippen molar-refractivity contribution >= 4 is 29.7 Å². The van der Waals surface area contributed by atoms with Gasteiger partial charge in [-0.1, -0.05) is 12.1 Å². The molecule has 1 fully saturated rings. The summed E-state index contributed by atoms with van der Waals surface area (Å²) in [5.41, 5.74) is 0.644. The number of nitrogens with zero attached hydrogens (tertiary/aromatic N) is 1. The van der Waals surface area contributed by atoms with Crippen molar-refractivity contribution in [1.82, 2.24) is 15.5 Å². The van der Waals surface area contributed by atoms with Crippen LogP contribution in [0.3, 0.4) is 0 Å². The minimum atomic E-state index is -0.0399. The van der Waals surface area contributed by atoms with Gasteiger partial charge >= 0.3 is 0 Å². The van der Waals surface area contributed by atoms with E-state index in [1.165, 1.54) is 4.88 Å². The van der Waals surface area contributed by atoms with Crippen LogP contribution in [0.25, 0.3) is 0 Å². The van der Waals surface area contributed by atoms with Gasteiger partial charge < -0.3 is 20.3 Å². The lowest BCUT2D eigenvalue weighted by Crippen LogP contribution is -2.44. The van der Waals surface area contributed by atoms with Crippen LogP contribution < -0.4 is 15.4 Å². The number of nitrogens with one attached hydrogen (secondary N) is 2. The van der Waals surface area contributed by atoms with E-state index in [9.17, 15) is 4.79 Å². The molecule has 7 heteroatoms. The summed E-state index contributed by atoms with van der Waals surface area (Å²) < 4.78 is 5.76. The zero-order chi connectivity index (χ0) is 17.3. The molecule has 2 heterocycles. The predicted octanol–water partition coefficient (Wildman–Crippen LogP) is 2.77. The van der Waals surface area contributed by atoms with Crippen LogP contribution in [0.2, 0.25) is 0 Å². The van der Waals surface area contributed by atoms with E-state index in [1.54, 1.807) is 17.4 Å². The molecule has 142 valence electrons. The van der Waals surface area contributed by atoms with Crippen molar-refractivity contribution in [1.29, 1.82) is 0 Å². The molecule has 0 atom stereocenters. The highest BCUT2D eigenvalue weighted by Gasteiger charge is 2.10. The first-order valence-electron chi connectivity index (χ1n) is 8.78. The number of ether oxygens (including phenoxy) is 1. The molecule has 0 unspecified atom stereocenters. The van der Waals surface area contributed by atoms with Gasteiger partial charge in [0.25, 0.3) is 5.91 Å². The first-order valence-corrected chi connectivity index (χ1v) is 9.66. The maximum absolute atomic E-state index is 12.3. The molecule has 1 amide bonds. The highest BCUT2D eigenvalue weighted by atomic mass is 35.5. The number of amides is 1. The van der Waals surface area contributed by atoms with Crippen molar-refractivity contribution in [2.45, 2.75) is 13.0 Å². The fourth-order valence-electron chi connectivity index (χ4n) is 2.82. The van der Waals surface area contributed by atoms with E-state index >= 15 is 0 Å². The van der Waals surface area contributed by atoms with E-state index in [0.717, 1.165) is 44.9 Å². The summed E-state index contributed by atoms with van der Waals surface area (Å²) >= 11 is 1.67. The van der Waals surface area contributed by atoms with Gasteiger partial charge in [-0.3, -0.25) is 4.79 Å². The van der Waals surface area contributed by atoms with E-state index in [1.807, 2.05) is 35.7 Å². The van der Waals surface area contributed by atoms with Gasteiger partial charge in [-0.05, 0) is 42.6 Å². The van der Waals surface area contributed by atoms with Crippen molar-refractivity contribution in [3.63, 3.8) is 0 Å². The zero-order valence-electron chi connectivity index (χ0n) is 14.8. The quantitative estimate of drug-likeness (QED) is 0.675. The van der Waals surface area contributed by atoms with Gasteiger partial charge in [0, 0.05) is 43.2 Å². The number of thiophene rings is 1. The van der Waals surface area contributed by atoms with Crippen LogP contribution in [0.15, 0.2) is 41.8 Å². The van der Waals surface area contributed by atoms with Crippen LogP contribution in [0.1, 0.15) is 21.7 Å². The average Bonchev–Trinajstić information content (AvgIpc) is 3.18. The third-order valence-electron chi connectivity index (χ3n) is 4.20. The molecular weight excluding hydrogens is 370 g/mol. The molecule has 2 N–H and O–H groups in total. The molecule has 1 aliphatic rings. The lowest BCUT2D eigenvalue weighted by atomic mass is 10.2. The van der Waals surface area contributed by atoms with Gasteiger partial charge in [0.05, 0.1) is 0 Å². The summed E-state index contributed by atoms with van der Waals surface area (Å²) in [4.78, 5) is 15.9. The molecule has 0 aliphatic carbocycles. The Bertz CT molecular complexity index is 661. The molecule has 0 radical (unpaired) electrons. The van der Waals surface area contributed by atoms with Gasteiger partial charge in [0.1, 0.15) is 12.4 Å². The summed E-state index contributed by atoms with van der Waals surface area (Å²) in [5.74, 6) is 0.684. The normalized spacial score (nSPS) is 14.5. The number of benzene rings is 1. The van der Waals surface area contributed by atoms with Crippen LogP contribution in [-0.2, 0) is 6.61 Å².